The number of esters is 1. The first kappa shape index (κ1) is 18.8. The van der Waals surface area contributed by atoms with Crippen molar-refractivity contribution in [3.63, 3.8) is 0 Å². The number of carbonyl (C=O) groups is 1. The SMILES string of the molecule is CCOc1cc(N)ccc1C(=O)OC[C@H](Cc1ccccc1)N(C)C. The Kier molecular flexibility index (Phi) is 6.83. The molecule has 0 saturated heterocycles. The minimum absolute atomic E-state index is 0.0932. The van der Waals surface area contributed by atoms with Gasteiger partial charge in [-0.3, -0.25) is 0 Å². The fourth-order valence-corrected chi connectivity index (χ4v) is 2.51. The van der Waals surface area contributed by atoms with Crippen molar-refractivity contribution in [3.05, 3.63) is 59.7 Å². The first-order valence-corrected chi connectivity index (χ1v) is 8.41. The second kappa shape index (κ2) is 9.08. The van der Waals surface area contributed by atoms with E-state index in [9.17, 15) is 4.79 Å². The molecule has 0 amide bonds. The van der Waals surface area contributed by atoms with Crippen LogP contribution in [0, 0.1) is 0 Å². The molecule has 0 bridgehead atoms. The van der Waals surface area contributed by atoms with Crippen molar-refractivity contribution in [2.24, 2.45) is 0 Å². The Bertz CT molecular complexity index is 687. The van der Waals surface area contributed by atoms with Gasteiger partial charge < -0.3 is 20.1 Å². The number of anilines is 1. The first-order valence-electron chi connectivity index (χ1n) is 8.41. The van der Waals surface area contributed by atoms with Gasteiger partial charge in [-0.05, 0) is 45.1 Å². The fraction of sp³-hybridized carbons (Fsp3) is 0.350. The van der Waals surface area contributed by atoms with Crippen LogP contribution in [0.4, 0.5) is 5.69 Å². The van der Waals surface area contributed by atoms with Crippen molar-refractivity contribution >= 4 is 11.7 Å². The third kappa shape index (κ3) is 5.50. The third-order valence-corrected chi connectivity index (χ3v) is 3.98. The number of nitrogen functional groups attached to an aromatic ring is 1. The molecule has 0 aliphatic carbocycles. The van der Waals surface area contributed by atoms with E-state index in [1.165, 1.54) is 5.56 Å². The van der Waals surface area contributed by atoms with Crippen LogP contribution in [0.1, 0.15) is 22.8 Å². The zero-order valence-electron chi connectivity index (χ0n) is 15.1. The Morgan fingerprint density at radius 1 is 1.16 bits per heavy atom. The fourth-order valence-electron chi connectivity index (χ4n) is 2.51. The van der Waals surface area contributed by atoms with E-state index in [-0.39, 0.29) is 6.04 Å². The summed E-state index contributed by atoms with van der Waals surface area (Å²) in [5.41, 5.74) is 7.92. The molecule has 1 atom stereocenters. The number of nitrogens with zero attached hydrogens (tertiary/aromatic N) is 1. The van der Waals surface area contributed by atoms with Gasteiger partial charge in [-0.25, -0.2) is 4.79 Å². The van der Waals surface area contributed by atoms with Crippen LogP contribution in [0.5, 0.6) is 5.75 Å². The molecule has 2 aromatic rings. The van der Waals surface area contributed by atoms with Crippen molar-refractivity contribution in [1.82, 2.24) is 4.90 Å². The van der Waals surface area contributed by atoms with Gasteiger partial charge in [0, 0.05) is 17.8 Å². The van der Waals surface area contributed by atoms with E-state index < -0.39 is 5.97 Å². The lowest BCUT2D eigenvalue weighted by Gasteiger charge is -2.24. The molecule has 25 heavy (non-hydrogen) atoms. The summed E-state index contributed by atoms with van der Waals surface area (Å²) in [6.45, 7) is 2.62. The van der Waals surface area contributed by atoms with Crippen LogP contribution in [-0.4, -0.2) is 44.2 Å². The molecule has 5 nitrogen and oxygen atoms in total. The Labute approximate surface area is 149 Å². The predicted octanol–water partition coefficient (Wildman–Crippen LogP) is 3.00. The van der Waals surface area contributed by atoms with Crippen molar-refractivity contribution < 1.29 is 14.3 Å². The van der Waals surface area contributed by atoms with Crippen molar-refractivity contribution in [1.29, 1.82) is 0 Å². The molecule has 2 aromatic carbocycles. The number of carbonyl (C=O) groups excluding carboxylic acids is 1. The van der Waals surface area contributed by atoms with Crippen LogP contribution in [0.2, 0.25) is 0 Å². The molecule has 134 valence electrons. The largest absolute Gasteiger partial charge is 0.493 e. The van der Waals surface area contributed by atoms with Crippen molar-refractivity contribution in [2.75, 3.05) is 33.0 Å². The average molecular weight is 342 g/mol. The normalized spacial score (nSPS) is 12.0. The lowest BCUT2D eigenvalue weighted by atomic mass is 10.1. The van der Waals surface area contributed by atoms with Crippen molar-refractivity contribution in [2.45, 2.75) is 19.4 Å². The highest BCUT2D eigenvalue weighted by atomic mass is 16.5. The number of nitrogens with two attached hydrogens (primary N) is 1. The molecule has 0 saturated carbocycles. The van der Waals surface area contributed by atoms with E-state index in [0.29, 0.717) is 30.2 Å². The highest BCUT2D eigenvalue weighted by Crippen LogP contribution is 2.23. The monoisotopic (exact) mass is 342 g/mol. The van der Waals surface area contributed by atoms with Gasteiger partial charge in [0.05, 0.1) is 6.61 Å². The second-order valence-corrected chi connectivity index (χ2v) is 6.09. The number of hydrogen-bond acceptors (Lipinski definition) is 5. The molecule has 0 aliphatic heterocycles. The van der Waals surface area contributed by atoms with E-state index in [1.807, 2.05) is 39.2 Å². The Balaban J connectivity index is 2.04. The van der Waals surface area contributed by atoms with Gasteiger partial charge in [0.25, 0.3) is 0 Å². The molecular weight excluding hydrogens is 316 g/mol. The van der Waals surface area contributed by atoms with E-state index >= 15 is 0 Å². The first-order chi connectivity index (χ1) is 12.0. The summed E-state index contributed by atoms with van der Waals surface area (Å²) in [6, 6.07) is 15.2. The number of ether oxygens (including phenoxy) is 2. The summed E-state index contributed by atoms with van der Waals surface area (Å²) in [7, 11) is 3.96. The topological polar surface area (TPSA) is 64.8 Å². The lowest BCUT2D eigenvalue weighted by Crippen LogP contribution is -2.35. The molecule has 0 spiro atoms. The summed E-state index contributed by atoms with van der Waals surface area (Å²) in [6.07, 6.45) is 0.807. The second-order valence-electron chi connectivity index (χ2n) is 6.09. The molecule has 0 radical (unpaired) electrons. The molecule has 0 heterocycles. The molecule has 5 heteroatoms. The van der Waals surface area contributed by atoms with Gasteiger partial charge >= 0.3 is 5.97 Å². The smallest absolute Gasteiger partial charge is 0.341 e. The minimum atomic E-state index is -0.400. The number of benzene rings is 2. The third-order valence-electron chi connectivity index (χ3n) is 3.98. The molecule has 0 fully saturated rings. The van der Waals surface area contributed by atoms with Gasteiger partial charge in [0.2, 0.25) is 0 Å². The zero-order chi connectivity index (χ0) is 18.2. The standard InChI is InChI=1S/C20H26N2O3/c1-4-24-19-13-16(21)10-11-18(19)20(23)25-14-17(22(2)3)12-15-8-6-5-7-9-15/h5-11,13,17H,4,12,14,21H2,1-3H3/t17-/m0/s1. The summed E-state index contributed by atoms with van der Waals surface area (Å²) >= 11 is 0. The van der Waals surface area contributed by atoms with E-state index in [0.717, 1.165) is 6.42 Å². The van der Waals surface area contributed by atoms with Gasteiger partial charge in [0.15, 0.2) is 0 Å². The van der Waals surface area contributed by atoms with Crippen LogP contribution in [0.15, 0.2) is 48.5 Å². The van der Waals surface area contributed by atoms with Crippen LogP contribution < -0.4 is 10.5 Å². The number of rotatable bonds is 8. The van der Waals surface area contributed by atoms with Gasteiger partial charge in [-0.15, -0.1) is 0 Å². The van der Waals surface area contributed by atoms with E-state index in [4.69, 9.17) is 15.2 Å². The summed E-state index contributed by atoms with van der Waals surface area (Å²) < 4.78 is 11.0. The van der Waals surface area contributed by atoms with E-state index in [2.05, 4.69) is 17.0 Å². The van der Waals surface area contributed by atoms with Gasteiger partial charge in [-0.2, -0.15) is 0 Å². The maximum Gasteiger partial charge on any atom is 0.341 e. The quantitative estimate of drug-likeness (QED) is 0.590. The summed E-state index contributed by atoms with van der Waals surface area (Å²) in [5, 5.41) is 0. The zero-order valence-corrected chi connectivity index (χ0v) is 15.1. The highest BCUT2D eigenvalue weighted by molar-refractivity contribution is 5.93. The maximum atomic E-state index is 12.5. The molecular formula is C20H26N2O3. The Hall–Kier alpha value is -2.53. The predicted molar refractivity (Wildman–Crippen MR) is 99.9 cm³/mol. The molecule has 2 rings (SSSR count). The minimum Gasteiger partial charge on any atom is -0.493 e. The van der Waals surface area contributed by atoms with Crippen LogP contribution in [-0.2, 0) is 11.2 Å². The molecule has 2 N–H and O–H groups in total. The van der Waals surface area contributed by atoms with Crippen LogP contribution in [0.3, 0.4) is 0 Å². The summed E-state index contributed by atoms with van der Waals surface area (Å²) in [4.78, 5) is 14.5. The van der Waals surface area contributed by atoms with Gasteiger partial charge in [-0.1, -0.05) is 30.3 Å². The summed E-state index contributed by atoms with van der Waals surface area (Å²) in [5.74, 6) is 0.0559. The Morgan fingerprint density at radius 3 is 2.52 bits per heavy atom. The Morgan fingerprint density at radius 2 is 1.88 bits per heavy atom. The van der Waals surface area contributed by atoms with Crippen LogP contribution >= 0.6 is 0 Å². The van der Waals surface area contributed by atoms with E-state index in [1.54, 1.807) is 18.2 Å². The average Bonchev–Trinajstić information content (AvgIpc) is 2.59. The number of likely N-dealkylation sites (N-methyl/N-ethyl adjacent to an activating group) is 1. The molecule has 0 aromatic heterocycles. The van der Waals surface area contributed by atoms with Crippen molar-refractivity contribution in [3.8, 4) is 5.75 Å². The number of hydrogen-bond donors (Lipinski definition) is 1. The molecule has 0 aliphatic rings. The van der Waals surface area contributed by atoms with Crippen LogP contribution in [0.25, 0.3) is 0 Å². The van der Waals surface area contributed by atoms with Gasteiger partial charge in [0.1, 0.15) is 17.9 Å². The lowest BCUT2D eigenvalue weighted by molar-refractivity contribution is 0.0396. The highest BCUT2D eigenvalue weighted by Gasteiger charge is 2.19. The molecule has 0 unspecified atom stereocenters. The maximum absolute atomic E-state index is 12.5.